The van der Waals surface area contributed by atoms with Gasteiger partial charge in [0.05, 0.1) is 0 Å². The Hall–Kier alpha value is -2.39. The molecule has 1 saturated carbocycles. The summed E-state index contributed by atoms with van der Waals surface area (Å²) in [6.45, 7) is 2.70. The summed E-state index contributed by atoms with van der Waals surface area (Å²) in [4.78, 5) is 26.7. The van der Waals surface area contributed by atoms with Crippen LogP contribution < -0.4 is 9.32 Å². The van der Waals surface area contributed by atoms with Crippen LogP contribution in [-0.2, 0) is 26.3 Å². The van der Waals surface area contributed by atoms with Gasteiger partial charge in [-0.3, -0.25) is 4.79 Å². The SMILES string of the molecule is CC12CCC3c4ccc(OS(N)(=O)=O)cc4CCC3C1CC=C2C(=O)N1CCCC1C(=O)O. The number of nitrogens with zero attached hydrogens (tertiary/aromatic N) is 1. The first kappa shape index (κ1) is 22.4. The van der Waals surface area contributed by atoms with Crippen LogP contribution in [0.5, 0.6) is 5.75 Å². The number of fused-ring (bicyclic) bond motifs is 5. The van der Waals surface area contributed by atoms with Gasteiger partial charge in [0.1, 0.15) is 11.8 Å². The minimum absolute atomic E-state index is 0.0932. The molecular formula is C24H30N2O6S. The maximum Gasteiger partial charge on any atom is 0.380 e. The highest BCUT2D eigenvalue weighted by Gasteiger charge is 2.54. The number of hydrogen-bond acceptors (Lipinski definition) is 5. The van der Waals surface area contributed by atoms with Crippen molar-refractivity contribution in [3.8, 4) is 5.75 Å². The first-order chi connectivity index (χ1) is 15.6. The number of aryl methyl sites for hydroxylation is 1. The Balaban J connectivity index is 1.37. The largest absolute Gasteiger partial charge is 0.480 e. The second kappa shape index (κ2) is 7.84. The number of carboxylic acid groups (broad SMARTS) is 1. The van der Waals surface area contributed by atoms with E-state index in [-0.39, 0.29) is 17.1 Å². The number of likely N-dealkylation sites (tertiary alicyclic amines) is 1. The smallest absolute Gasteiger partial charge is 0.380 e. The molecule has 0 spiro atoms. The second-order valence-electron chi connectivity index (χ2n) is 10.2. The number of aliphatic carboxylic acids is 1. The van der Waals surface area contributed by atoms with E-state index in [1.807, 2.05) is 6.07 Å². The zero-order valence-electron chi connectivity index (χ0n) is 18.7. The molecule has 5 unspecified atom stereocenters. The van der Waals surface area contributed by atoms with E-state index < -0.39 is 22.3 Å². The highest BCUT2D eigenvalue weighted by molar-refractivity contribution is 7.84. The van der Waals surface area contributed by atoms with Crippen LogP contribution in [0.3, 0.4) is 0 Å². The number of allylic oxidation sites excluding steroid dienone is 1. The lowest BCUT2D eigenvalue weighted by molar-refractivity contribution is -0.147. The molecule has 9 heteroatoms. The highest BCUT2D eigenvalue weighted by Crippen LogP contribution is 2.61. The molecular weight excluding hydrogens is 444 g/mol. The van der Waals surface area contributed by atoms with Gasteiger partial charge in [-0.2, -0.15) is 13.6 Å². The van der Waals surface area contributed by atoms with E-state index in [1.165, 1.54) is 5.56 Å². The average molecular weight is 475 g/mol. The molecule has 4 aliphatic rings. The topological polar surface area (TPSA) is 127 Å². The van der Waals surface area contributed by atoms with E-state index in [0.29, 0.717) is 30.7 Å². The fourth-order valence-corrected chi connectivity index (χ4v) is 7.44. The molecule has 0 aromatic heterocycles. The highest BCUT2D eigenvalue weighted by atomic mass is 32.2. The van der Waals surface area contributed by atoms with Crippen LogP contribution in [0.4, 0.5) is 0 Å². The quantitative estimate of drug-likeness (QED) is 0.691. The second-order valence-corrected chi connectivity index (χ2v) is 11.3. The van der Waals surface area contributed by atoms with E-state index in [4.69, 9.17) is 9.32 Å². The zero-order chi connectivity index (χ0) is 23.5. The van der Waals surface area contributed by atoms with Gasteiger partial charge >= 0.3 is 16.3 Å². The molecule has 0 radical (unpaired) electrons. The Bertz CT molecular complexity index is 1150. The fraction of sp³-hybridized carbons (Fsp3) is 0.583. The van der Waals surface area contributed by atoms with Crippen molar-refractivity contribution in [1.82, 2.24) is 4.90 Å². The fourth-order valence-electron chi connectivity index (χ4n) is 7.06. The van der Waals surface area contributed by atoms with E-state index in [9.17, 15) is 23.1 Å². The Morgan fingerprint density at radius 1 is 1.24 bits per heavy atom. The monoisotopic (exact) mass is 474 g/mol. The molecule has 1 saturated heterocycles. The lowest BCUT2D eigenvalue weighted by atomic mass is 9.54. The van der Waals surface area contributed by atoms with Gasteiger partial charge in [-0.1, -0.05) is 19.1 Å². The maximum absolute atomic E-state index is 13.5. The normalized spacial score (nSPS) is 33.0. The van der Waals surface area contributed by atoms with Gasteiger partial charge in [0.25, 0.3) is 5.91 Å². The number of amides is 1. The van der Waals surface area contributed by atoms with Gasteiger partial charge < -0.3 is 14.2 Å². The third-order valence-electron chi connectivity index (χ3n) is 8.52. The van der Waals surface area contributed by atoms with Crippen molar-refractivity contribution in [2.75, 3.05) is 6.54 Å². The van der Waals surface area contributed by atoms with Crippen LogP contribution >= 0.6 is 0 Å². The molecule has 1 aromatic carbocycles. The van der Waals surface area contributed by atoms with Gasteiger partial charge in [-0.25, -0.2) is 4.79 Å². The number of nitrogens with two attached hydrogens (primary N) is 1. The standard InChI is InChI=1S/C24H30N2O6S/c1-24-11-10-17-16-7-5-15(32-33(25,30)31)13-14(16)4-6-18(17)19(24)8-9-20(24)22(27)26-12-2-3-21(26)23(28)29/h5,7,9,13,17-19,21H,2-4,6,8,10-12H2,1H3,(H,28,29)(H2,25,30,31). The van der Waals surface area contributed by atoms with Crippen molar-refractivity contribution in [2.24, 2.45) is 22.4 Å². The van der Waals surface area contributed by atoms with Gasteiger partial charge in [0, 0.05) is 17.5 Å². The number of benzene rings is 1. The van der Waals surface area contributed by atoms with Crippen LogP contribution in [0.2, 0.25) is 0 Å². The van der Waals surface area contributed by atoms with Crippen LogP contribution in [-0.4, -0.2) is 42.9 Å². The predicted molar refractivity (Wildman–Crippen MR) is 121 cm³/mol. The van der Waals surface area contributed by atoms with E-state index in [2.05, 4.69) is 13.0 Å². The molecule has 8 nitrogen and oxygen atoms in total. The Morgan fingerprint density at radius 3 is 2.76 bits per heavy atom. The van der Waals surface area contributed by atoms with Crippen molar-refractivity contribution in [1.29, 1.82) is 0 Å². The first-order valence-corrected chi connectivity index (χ1v) is 13.1. The van der Waals surface area contributed by atoms with Crippen LogP contribution in [0, 0.1) is 17.3 Å². The van der Waals surface area contributed by atoms with Gasteiger partial charge in [-0.05, 0) is 86.0 Å². The molecule has 33 heavy (non-hydrogen) atoms. The minimum Gasteiger partial charge on any atom is -0.480 e. The maximum atomic E-state index is 13.5. The third kappa shape index (κ3) is 3.75. The molecule has 0 bridgehead atoms. The minimum atomic E-state index is -4.06. The Morgan fingerprint density at radius 2 is 2.03 bits per heavy atom. The molecule has 5 rings (SSSR count). The van der Waals surface area contributed by atoms with Crippen molar-refractivity contribution in [3.05, 3.63) is 41.0 Å². The molecule has 1 aliphatic heterocycles. The molecule has 1 amide bonds. The van der Waals surface area contributed by atoms with Gasteiger partial charge in [-0.15, -0.1) is 0 Å². The zero-order valence-corrected chi connectivity index (χ0v) is 19.5. The summed E-state index contributed by atoms with van der Waals surface area (Å²) < 4.78 is 27.4. The lowest BCUT2D eigenvalue weighted by Crippen LogP contribution is -2.47. The Kier molecular flexibility index (Phi) is 5.32. The van der Waals surface area contributed by atoms with Crippen LogP contribution in [0.1, 0.15) is 62.5 Å². The van der Waals surface area contributed by atoms with E-state index in [0.717, 1.165) is 49.7 Å². The summed E-state index contributed by atoms with van der Waals surface area (Å²) in [5, 5.41) is 14.5. The molecule has 178 valence electrons. The number of rotatable bonds is 4. The van der Waals surface area contributed by atoms with E-state index >= 15 is 0 Å². The van der Waals surface area contributed by atoms with Gasteiger partial charge in [0.15, 0.2) is 0 Å². The van der Waals surface area contributed by atoms with Crippen molar-refractivity contribution in [2.45, 2.75) is 63.8 Å². The average Bonchev–Trinajstić information content (AvgIpc) is 3.36. The number of carbonyl (C=O) groups excluding carboxylic acids is 1. The molecule has 1 heterocycles. The van der Waals surface area contributed by atoms with Crippen LogP contribution in [0.15, 0.2) is 29.8 Å². The summed E-state index contributed by atoms with van der Waals surface area (Å²) in [6.07, 6.45) is 7.76. The van der Waals surface area contributed by atoms with Gasteiger partial charge in [0.2, 0.25) is 0 Å². The molecule has 3 aliphatic carbocycles. The molecule has 3 N–H and O–H groups in total. The summed E-state index contributed by atoms with van der Waals surface area (Å²) in [6, 6.07) is 4.70. The Labute approximate surface area is 194 Å². The first-order valence-electron chi connectivity index (χ1n) is 11.7. The number of carbonyl (C=O) groups is 2. The molecule has 2 fully saturated rings. The van der Waals surface area contributed by atoms with Crippen molar-refractivity contribution < 1.29 is 27.3 Å². The van der Waals surface area contributed by atoms with Crippen LogP contribution in [0.25, 0.3) is 0 Å². The third-order valence-corrected chi connectivity index (χ3v) is 8.95. The summed E-state index contributed by atoms with van der Waals surface area (Å²) in [7, 11) is -4.06. The van der Waals surface area contributed by atoms with Crippen molar-refractivity contribution in [3.63, 3.8) is 0 Å². The number of hydrogen-bond donors (Lipinski definition) is 2. The predicted octanol–water partition coefficient (Wildman–Crippen LogP) is 2.74. The van der Waals surface area contributed by atoms with E-state index in [1.54, 1.807) is 17.0 Å². The summed E-state index contributed by atoms with van der Waals surface area (Å²) >= 11 is 0. The molecule has 1 aromatic rings. The van der Waals surface area contributed by atoms with Crippen molar-refractivity contribution >= 4 is 22.2 Å². The number of carboxylic acids is 1. The summed E-state index contributed by atoms with van der Waals surface area (Å²) in [5.74, 6) is 0.358. The summed E-state index contributed by atoms with van der Waals surface area (Å²) in [5.41, 5.74) is 2.91. The lowest BCUT2D eigenvalue weighted by Gasteiger charge is -2.50. The molecule has 5 atom stereocenters.